The summed E-state index contributed by atoms with van der Waals surface area (Å²) in [6.45, 7) is 10.7. The number of nitrogens with one attached hydrogen (secondary N) is 2. The molecular weight excluding hydrogens is 246 g/mol. The van der Waals surface area contributed by atoms with E-state index in [0.717, 1.165) is 37.4 Å². The minimum absolute atomic E-state index is 0.616. The van der Waals surface area contributed by atoms with E-state index in [1.807, 2.05) is 0 Å². The molecule has 1 aromatic rings. The Morgan fingerprint density at radius 3 is 2.67 bits per heavy atom. The fraction of sp³-hybridized carbons (Fsp3) is 0.786. The monoisotopic (exact) mass is 271 g/mol. The molecule has 0 fully saturated rings. The maximum atomic E-state index is 6.12. The fourth-order valence-electron chi connectivity index (χ4n) is 1.68. The van der Waals surface area contributed by atoms with Gasteiger partial charge in [0.15, 0.2) is 5.15 Å². The lowest BCUT2D eigenvalue weighted by atomic mass is 9.98. The molecule has 0 aromatic carbocycles. The average molecular weight is 272 g/mol. The van der Waals surface area contributed by atoms with Gasteiger partial charge in [-0.3, -0.25) is 0 Å². The maximum absolute atomic E-state index is 6.12. The summed E-state index contributed by atoms with van der Waals surface area (Å²) in [5, 5.41) is 4.05. The van der Waals surface area contributed by atoms with Crippen molar-refractivity contribution < 1.29 is 0 Å². The second kappa shape index (κ2) is 7.80. The van der Waals surface area contributed by atoms with E-state index in [1.54, 1.807) is 0 Å². The zero-order valence-electron chi connectivity index (χ0n) is 12.0. The Bertz CT molecular complexity index is 347. The largest absolute Gasteiger partial charge is 0.344 e. The molecule has 0 aliphatic carbocycles. The van der Waals surface area contributed by atoms with E-state index in [2.05, 4.69) is 43.0 Å². The minimum atomic E-state index is 0.616. The smallest absolute Gasteiger partial charge is 0.151 e. The summed E-state index contributed by atoms with van der Waals surface area (Å²) in [4.78, 5) is 7.66. The van der Waals surface area contributed by atoms with Crippen molar-refractivity contribution in [3.63, 3.8) is 0 Å². The van der Waals surface area contributed by atoms with Gasteiger partial charge in [-0.15, -0.1) is 0 Å². The quantitative estimate of drug-likeness (QED) is 0.755. The molecule has 0 aliphatic heterocycles. The van der Waals surface area contributed by atoms with E-state index in [9.17, 15) is 0 Å². The van der Waals surface area contributed by atoms with Gasteiger partial charge in [-0.25, -0.2) is 4.98 Å². The molecule has 0 spiro atoms. The molecule has 0 saturated carbocycles. The predicted molar refractivity (Wildman–Crippen MR) is 77.9 cm³/mol. The van der Waals surface area contributed by atoms with Crippen molar-refractivity contribution in [3.8, 4) is 0 Å². The molecular formula is C14H26ClN3. The molecule has 0 aliphatic rings. The third kappa shape index (κ3) is 4.99. The lowest BCUT2D eigenvalue weighted by Gasteiger charge is -2.15. The SMILES string of the molecule is CCCCc1nc(Cl)c(CNCC(C)C(C)C)[nH]1. The molecule has 1 atom stereocenters. The van der Waals surface area contributed by atoms with Crippen LogP contribution in [-0.4, -0.2) is 16.5 Å². The Hall–Kier alpha value is -0.540. The molecule has 18 heavy (non-hydrogen) atoms. The second-order valence-electron chi connectivity index (χ2n) is 5.41. The highest BCUT2D eigenvalue weighted by Crippen LogP contribution is 2.14. The van der Waals surface area contributed by atoms with Crippen molar-refractivity contribution >= 4 is 11.6 Å². The highest BCUT2D eigenvalue weighted by molar-refractivity contribution is 6.30. The molecule has 1 heterocycles. The maximum Gasteiger partial charge on any atom is 0.151 e. The van der Waals surface area contributed by atoms with Gasteiger partial charge in [-0.2, -0.15) is 0 Å². The van der Waals surface area contributed by atoms with Gasteiger partial charge < -0.3 is 10.3 Å². The topological polar surface area (TPSA) is 40.7 Å². The van der Waals surface area contributed by atoms with Crippen LogP contribution in [0.1, 0.15) is 52.1 Å². The van der Waals surface area contributed by atoms with Crippen LogP contribution in [0.25, 0.3) is 0 Å². The number of aromatic amines is 1. The van der Waals surface area contributed by atoms with Gasteiger partial charge in [-0.1, -0.05) is 45.7 Å². The standard InChI is InChI=1S/C14H26ClN3/c1-5-6-7-13-17-12(14(15)18-13)9-16-8-11(4)10(2)3/h10-11,16H,5-9H2,1-4H3,(H,17,18). The Morgan fingerprint density at radius 2 is 2.06 bits per heavy atom. The van der Waals surface area contributed by atoms with Crippen LogP contribution in [0.3, 0.4) is 0 Å². The third-order valence-corrected chi connectivity index (χ3v) is 3.76. The summed E-state index contributed by atoms with van der Waals surface area (Å²) in [6.07, 6.45) is 3.32. The van der Waals surface area contributed by atoms with Crippen LogP contribution in [0.2, 0.25) is 5.15 Å². The zero-order chi connectivity index (χ0) is 13.5. The molecule has 0 amide bonds. The van der Waals surface area contributed by atoms with Gasteiger partial charge in [0.1, 0.15) is 5.82 Å². The number of rotatable bonds is 8. The molecule has 0 radical (unpaired) electrons. The zero-order valence-corrected chi connectivity index (χ0v) is 12.8. The van der Waals surface area contributed by atoms with Crippen molar-refractivity contribution in [2.45, 2.75) is 53.5 Å². The van der Waals surface area contributed by atoms with Gasteiger partial charge >= 0.3 is 0 Å². The van der Waals surface area contributed by atoms with E-state index in [1.165, 1.54) is 6.42 Å². The van der Waals surface area contributed by atoms with Crippen molar-refractivity contribution in [2.24, 2.45) is 11.8 Å². The second-order valence-corrected chi connectivity index (χ2v) is 5.77. The molecule has 1 rings (SSSR count). The molecule has 104 valence electrons. The van der Waals surface area contributed by atoms with Gasteiger partial charge in [-0.05, 0) is 24.8 Å². The summed E-state index contributed by atoms with van der Waals surface area (Å²) >= 11 is 6.12. The van der Waals surface area contributed by atoms with Gasteiger partial charge in [0, 0.05) is 13.0 Å². The number of halogens is 1. The van der Waals surface area contributed by atoms with E-state index < -0.39 is 0 Å². The highest BCUT2D eigenvalue weighted by Gasteiger charge is 2.10. The predicted octanol–water partition coefficient (Wildman–Crippen LogP) is 3.79. The fourth-order valence-corrected chi connectivity index (χ4v) is 1.90. The number of hydrogen-bond donors (Lipinski definition) is 2. The first kappa shape index (κ1) is 15.5. The first-order chi connectivity index (χ1) is 8.54. The molecule has 4 heteroatoms. The number of aryl methyl sites for hydroxylation is 1. The first-order valence-corrected chi connectivity index (χ1v) is 7.36. The van der Waals surface area contributed by atoms with E-state index in [-0.39, 0.29) is 0 Å². The van der Waals surface area contributed by atoms with Gasteiger partial charge in [0.25, 0.3) is 0 Å². The molecule has 2 N–H and O–H groups in total. The van der Waals surface area contributed by atoms with Crippen LogP contribution in [-0.2, 0) is 13.0 Å². The van der Waals surface area contributed by atoms with Crippen LogP contribution < -0.4 is 5.32 Å². The van der Waals surface area contributed by atoms with E-state index >= 15 is 0 Å². The number of unbranched alkanes of at least 4 members (excludes halogenated alkanes) is 1. The number of aromatic nitrogens is 2. The van der Waals surface area contributed by atoms with Crippen molar-refractivity contribution in [1.29, 1.82) is 0 Å². The van der Waals surface area contributed by atoms with Crippen molar-refractivity contribution in [2.75, 3.05) is 6.54 Å². The minimum Gasteiger partial charge on any atom is -0.344 e. The number of H-pyrrole nitrogens is 1. The molecule has 3 nitrogen and oxygen atoms in total. The average Bonchev–Trinajstić information content (AvgIpc) is 2.67. The normalized spacial score (nSPS) is 13.2. The molecule has 1 aromatic heterocycles. The molecule has 0 saturated heterocycles. The lowest BCUT2D eigenvalue weighted by Crippen LogP contribution is -2.24. The number of imidazole rings is 1. The Balaban J connectivity index is 2.40. The Kier molecular flexibility index (Phi) is 6.72. The van der Waals surface area contributed by atoms with Crippen LogP contribution in [0, 0.1) is 11.8 Å². The number of nitrogens with zero attached hydrogens (tertiary/aromatic N) is 1. The number of hydrogen-bond acceptors (Lipinski definition) is 2. The van der Waals surface area contributed by atoms with Gasteiger partial charge in [0.2, 0.25) is 0 Å². The van der Waals surface area contributed by atoms with Crippen LogP contribution in [0.4, 0.5) is 0 Å². The Morgan fingerprint density at radius 1 is 1.33 bits per heavy atom. The van der Waals surface area contributed by atoms with Gasteiger partial charge in [0.05, 0.1) is 5.69 Å². The summed E-state index contributed by atoms with van der Waals surface area (Å²) in [7, 11) is 0. The van der Waals surface area contributed by atoms with Crippen molar-refractivity contribution in [1.82, 2.24) is 15.3 Å². The van der Waals surface area contributed by atoms with Crippen LogP contribution in [0.15, 0.2) is 0 Å². The van der Waals surface area contributed by atoms with Crippen LogP contribution >= 0.6 is 11.6 Å². The van der Waals surface area contributed by atoms with Crippen molar-refractivity contribution in [3.05, 3.63) is 16.7 Å². The summed E-state index contributed by atoms with van der Waals surface area (Å²) < 4.78 is 0. The van der Waals surface area contributed by atoms with E-state index in [4.69, 9.17) is 11.6 Å². The van der Waals surface area contributed by atoms with Crippen LogP contribution in [0.5, 0.6) is 0 Å². The third-order valence-electron chi connectivity index (χ3n) is 3.45. The molecule has 0 bridgehead atoms. The van der Waals surface area contributed by atoms with E-state index in [0.29, 0.717) is 17.0 Å². The Labute approximate surface area is 116 Å². The lowest BCUT2D eigenvalue weighted by molar-refractivity contribution is 0.392. The molecule has 1 unspecified atom stereocenters. The highest BCUT2D eigenvalue weighted by atomic mass is 35.5. The first-order valence-electron chi connectivity index (χ1n) is 6.98. The summed E-state index contributed by atoms with van der Waals surface area (Å²) in [5.74, 6) is 2.39. The summed E-state index contributed by atoms with van der Waals surface area (Å²) in [6, 6.07) is 0. The summed E-state index contributed by atoms with van der Waals surface area (Å²) in [5.41, 5.74) is 1.01.